The normalized spacial score (nSPS) is 22.9. The molecule has 0 heterocycles. The van der Waals surface area contributed by atoms with Crippen LogP contribution in [0.25, 0.3) is 0 Å². The van der Waals surface area contributed by atoms with Crippen LogP contribution in [0.1, 0.15) is 55.3 Å². The van der Waals surface area contributed by atoms with Crippen molar-refractivity contribution in [2.75, 3.05) is 6.61 Å². The van der Waals surface area contributed by atoms with Crippen molar-refractivity contribution in [2.24, 2.45) is 11.3 Å². The van der Waals surface area contributed by atoms with Crippen molar-refractivity contribution in [3.63, 3.8) is 0 Å². The summed E-state index contributed by atoms with van der Waals surface area (Å²) in [6, 6.07) is 7.11. The van der Waals surface area contributed by atoms with Gasteiger partial charge in [0.2, 0.25) is 0 Å². The molecule has 0 saturated heterocycles. The monoisotopic (exact) mass is 364 g/mol. The maximum Gasteiger partial charge on any atom is 0.309 e. The molecular weight excluding hydrogens is 344 g/mol. The van der Waals surface area contributed by atoms with Crippen LogP contribution in [-0.2, 0) is 9.53 Å². The Morgan fingerprint density at radius 3 is 2.50 bits per heavy atom. The van der Waals surface area contributed by atoms with Crippen molar-refractivity contribution in [1.29, 1.82) is 0 Å². The van der Waals surface area contributed by atoms with Gasteiger partial charge in [0, 0.05) is 10.0 Å². The Balaban J connectivity index is 1.50. The molecule has 0 aliphatic heterocycles. The molecule has 0 aromatic heterocycles. The molecule has 22 heavy (non-hydrogen) atoms. The van der Waals surface area contributed by atoms with Gasteiger partial charge in [-0.2, -0.15) is 0 Å². The van der Waals surface area contributed by atoms with Gasteiger partial charge in [0.1, 0.15) is 0 Å². The van der Waals surface area contributed by atoms with Gasteiger partial charge in [0.15, 0.2) is 12.4 Å². The summed E-state index contributed by atoms with van der Waals surface area (Å²) in [5, 5.41) is 0. The van der Waals surface area contributed by atoms with Crippen LogP contribution in [0.2, 0.25) is 0 Å². The van der Waals surface area contributed by atoms with Gasteiger partial charge in [-0.05, 0) is 49.7 Å². The number of hydrogen-bond acceptors (Lipinski definition) is 3. The third-order valence-electron chi connectivity index (χ3n) is 5.21. The largest absolute Gasteiger partial charge is 0.457 e. The number of ether oxygens (including phenoxy) is 1. The van der Waals surface area contributed by atoms with Crippen molar-refractivity contribution in [2.45, 2.75) is 44.9 Å². The number of halogens is 1. The zero-order chi connectivity index (χ0) is 15.6. The fourth-order valence-electron chi connectivity index (χ4n) is 3.96. The summed E-state index contributed by atoms with van der Waals surface area (Å²) in [4.78, 5) is 24.2. The topological polar surface area (TPSA) is 43.4 Å². The van der Waals surface area contributed by atoms with Crippen molar-refractivity contribution in [1.82, 2.24) is 0 Å². The lowest BCUT2D eigenvalue weighted by molar-refractivity contribution is -0.147. The van der Waals surface area contributed by atoms with E-state index in [9.17, 15) is 9.59 Å². The molecule has 0 amide bonds. The van der Waals surface area contributed by atoms with Crippen LogP contribution in [-0.4, -0.2) is 18.4 Å². The van der Waals surface area contributed by atoms with Crippen LogP contribution >= 0.6 is 15.9 Å². The minimum Gasteiger partial charge on any atom is -0.457 e. The van der Waals surface area contributed by atoms with E-state index < -0.39 is 0 Å². The molecule has 118 valence electrons. The summed E-state index contributed by atoms with van der Waals surface area (Å²) in [6.07, 6.45) is 8.13. The van der Waals surface area contributed by atoms with E-state index in [2.05, 4.69) is 15.9 Å². The van der Waals surface area contributed by atoms with Crippen LogP contribution < -0.4 is 0 Å². The number of Topliss-reactive ketones (excluding diaryl/α,β-unsaturated/α-hetero) is 1. The number of ketones is 1. The van der Waals surface area contributed by atoms with Crippen molar-refractivity contribution in [3.05, 3.63) is 34.3 Å². The summed E-state index contributed by atoms with van der Waals surface area (Å²) < 4.78 is 6.20. The van der Waals surface area contributed by atoms with Gasteiger partial charge in [-0.15, -0.1) is 0 Å². The Kier molecular flexibility index (Phi) is 4.67. The molecule has 0 radical (unpaired) electrons. The van der Waals surface area contributed by atoms with Gasteiger partial charge in [0.25, 0.3) is 0 Å². The maximum absolute atomic E-state index is 12.2. The first-order valence-corrected chi connectivity index (χ1v) is 8.83. The van der Waals surface area contributed by atoms with Gasteiger partial charge in [-0.3, -0.25) is 9.59 Å². The second kappa shape index (κ2) is 6.53. The molecule has 2 fully saturated rings. The lowest BCUT2D eigenvalue weighted by Crippen LogP contribution is -2.21. The Hall–Kier alpha value is -1.16. The Bertz CT molecular complexity index is 558. The average molecular weight is 365 g/mol. The minimum absolute atomic E-state index is 0.00387. The van der Waals surface area contributed by atoms with E-state index >= 15 is 0 Å². The Morgan fingerprint density at radius 1 is 1.14 bits per heavy atom. The highest BCUT2D eigenvalue weighted by molar-refractivity contribution is 9.10. The molecule has 2 saturated carbocycles. The van der Waals surface area contributed by atoms with E-state index in [0.29, 0.717) is 11.0 Å². The van der Waals surface area contributed by atoms with Crippen LogP contribution in [0.3, 0.4) is 0 Å². The lowest BCUT2D eigenvalue weighted by atomic mass is 9.84. The van der Waals surface area contributed by atoms with Crippen LogP contribution in [0.15, 0.2) is 28.7 Å². The molecule has 3 nitrogen and oxygen atoms in total. The van der Waals surface area contributed by atoms with Crippen molar-refractivity contribution >= 4 is 27.7 Å². The molecule has 0 N–H and O–H groups in total. The third-order valence-corrected chi connectivity index (χ3v) is 5.74. The smallest absolute Gasteiger partial charge is 0.309 e. The van der Waals surface area contributed by atoms with Crippen LogP contribution in [0.5, 0.6) is 0 Å². The lowest BCUT2D eigenvalue weighted by Gasteiger charge is -2.22. The summed E-state index contributed by atoms with van der Waals surface area (Å²) in [5.74, 6) is -0.334. The van der Waals surface area contributed by atoms with E-state index in [1.165, 1.54) is 25.7 Å². The zero-order valence-corrected chi connectivity index (χ0v) is 14.2. The fraction of sp³-hybridized carbons (Fsp3) is 0.556. The quantitative estimate of drug-likeness (QED) is 0.581. The minimum atomic E-state index is -0.186. The molecule has 2 aliphatic rings. The second-order valence-electron chi connectivity index (χ2n) is 6.68. The summed E-state index contributed by atoms with van der Waals surface area (Å²) in [7, 11) is 0. The zero-order valence-electron chi connectivity index (χ0n) is 12.6. The first-order valence-electron chi connectivity index (χ1n) is 8.03. The van der Waals surface area contributed by atoms with E-state index in [1.807, 2.05) is 12.1 Å². The predicted octanol–water partition coefficient (Wildman–Crippen LogP) is 4.54. The molecule has 1 spiro atoms. The number of esters is 1. The molecule has 0 bridgehead atoms. The standard InChI is InChI=1S/C18H21BrO3/c19-15-5-3-13(4-6-15)16(20)12-22-17(21)14-7-10-18(11-14)8-1-2-9-18/h3-6,14H,1-2,7-12H2. The van der Waals surface area contributed by atoms with Gasteiger partial charge in [0.05, 0.1) is 5.92 Å². The SMILES string of the molecule is O=C(COC(=O)C1CCC2(CCCC2)C1)c1ccc(Br)cc1. The summed E-state index contributed by atoms with van der Waals surface area (Å²) in [5.41, 5.74) is 0.981. The molecule has 1 aromatic carbocycles. The fourth-order valence-corrected chi connectivity index (χ4v) is 4.23. The Labute approximate surface area is 139 Å². The molecule has 3 rings (SSSR count). The number of rotatable bonds is 4. The van der Waals surface area contributed by atoms with E-state index in [1.54, 1.807) is 12.1 Å². The van der Waals surface area contributed by atoms with Crippen molar-refractivity contribution < 1.29 is 14.3 Å². The van der Waals surface area contributed by atoms with Gasteiger partial charge in [-0.1, -0.05) is 40.9 Å². The van der Waals surface area contributed by atoms with E-state index in [-0.39, 0.29) is 24.3 Å². The summed E-state index contributed by atoms with van der Waals surface area (Å²) in [6.45, 7) is -0.149. The molecule has 1 atom stereocenters. The first kappa shape index (κ1) is 15.7. The molecule has 1 aromatic rings. The number of carbonyl (C=O) groups excluding carboxylic acids is 2. The molecular formula is C18H21BrO3. The highest BCUT2D eigenvalue weighted by atomic mass is 79.9. The highest BCUT2D eigenvalue weighted by Gasteiger charge is 2.43. The average Bonchev–Trinajstić information content (AvgIpc) is 3.16. The summed E-state index contributed by atoms with van der Waals surface area (Å²) >= 11 is 3.33. The van der Waals surface area contributed by atoms with Crippen LogP contribution in [0.4, 0.5) is 0 Å². The maximum atomic E-state index is 12.2. The van der Waals surface area contributed by atoms with Gasteiger partial charge < -0.3 is 4.74 Å². The molecule has 1 unspecified atom stereocenters. The van der Waals surface area contributed by atoms with Crippen molar-refractivity contribution in [3.8, 4) is 0 Å². The molecule has 2 aliphatic carbocycles. The molecule has 4 heteroatoms. The number of hydrogen-bond donors (Lipinski definition) is 0. The number of benzene rings is 1. The second-order valence-corrected chi connectivity index (χ2v) is 7.60. The van der Waals surface area contributed by atoms with E-state index in [0.717, 1.165) is 23.7 Å². The Morgan fingerprint density at radius 2 is 1.82 bits per heavy atom. The van der Waals surface area contributed by atoms with Gasteiger partial charge in [-0.25, -0.2) is 0 Å². The first-order chi connectivity index (χ1) is 10.6. The third kappa shape index (κ3) is 3.43. The highest BCUT2D eigenvalue weighted by Crippen LogP contribution is 2.52. The predicted molar refractivity (Wildman–Crippen MR) is 87.7 cm³/mol. The van der Waals surface area contributed by atoms with E-state index in [4.69, 9.17) is 4.74 Å². The van der Waals surface area contributed by atoms with Crippen LogP contribution in [0, 0.1) is 11.3 Å². The van der Waals surface area contributed by atoms with Gasteiger partial charge >= 0.3 is 5.97 Å². The number of carbonyl (C=O) groups is 2.